The molecule has 18 heavy (non-hydrogen) atoms. The van der Waals surface area contributed by atoms with Crippen LogP contribution in [0.2, 0.25) is 0 Å². The summed E-state index contributed by atoms with van der Waals surface area (Å²) < 4.78 is 0. The van der Waals surface area contributed by atoms with Crippen LogP contribution < -0.4 is 11.1 Å². The van der Waals surface area contributed by atoms with E-state index in [9.17, 15) is 4.79 Å². The highest BCUT2D eigenvalue weighted by atomic mass is 32.1. The number of hydrogen-bond donors (Lipinski definition) is 2. The number of nitrogens with two attached hydrogens (primary N) is 1. The van der Waals surface area contributed by atoms with Gasteiger partial charge in [0.1, 0.15) is 0 Å². The van der Waals surface area contributed by atoms with Gasteiger partial charge < -0.3 is 11.1 Å². The number of hydrogen-bond acceptors (Lipinski definition) is 4. The number of nitrogens with one attached hydrogen (secondary N) is 1. The third-order valence-electron chi connectivity index (χ3n) is 3.12. The third-order valence-corrected chi connectivity index (χ3v) is 3.90. The van der Waals surface area contributed by atoms with Crippen LogP contribution in [0.25, 0.3) is 0 Å². The molecule has 0 spiro atoms. The molecule has 0 saturated heterocycles. The van der Waals surface area contributed by atoms with Crippen molar-refractivity contribution in [3.63, 3.8) is 0 Å². The minimum Gasteiger partial charge on any atom is -0.330 e. The molecule has 3 N–H and O–H groups in total. The second-order valence-corrected chi connectivity index (χ2v) is 5.71. The smallest absolute Gasteiger partial charge is 0.226 e. The Morgan fingerprint density at radius 1 is 1.39 bits per heavy atom. The van der Waals surface area contributed by atoms with Crippen LogP contribution in [-0.2, 0) is 4.79 Å². The highest BCUT2D eigenvalue weighted by molar-refractivity contribution is 7.13. The number of rotatable bonds is 8. The van der Waals surface area contributed by atoms with E-state index >= 15 is 0 Å². The van der Waals surface area contributed by atoms with Crippen molar-refractivity contribution in [3.05, 3.63) is 11.1 Å². The van der Waals surface area contributed by atoms with Crippen molar-refractivity contribution >= 4 is 22.4 Å². The lowest BCUT2D eigenvalue weighted by atomic mass is 10.1. The van der Waals surface area contributed by atoms with Crippen LogP contribution in [0.4, 0.5) is 5.13 Å². The number of anilines is 1. The standard InChI is InChI=1S/C13H21N3OS/c14-8-4-2-1-3-5-12(17)16-13-15-11(9-18-13)10-6-7-10/h9-10H,1-8,14H2,(H,15,16,17). The molecule has 1 saturated carbocycles. The molecule has 1 amide bonds. The van der Waals surface area contributed by atoms with Gasteiger partial charge in [0.25, 0.3) is 0 Å². The Labute approximate surface area is 112 Å². The lowest BCUT2D eigenvalue weighted by Gasteiger charge is -2.01. The topological polar surface area (TPSA) is 68.0 Å². The van der Waals surface area contributed by atoms with Crippen molar-refractivity contribution in [2.75, 3.05) is 11.9 Å². The number of amides is 1. The first-order chi connectivity index (χ1) is 8.79. The van der Waals surface area contributed by atoms with Crippen LogP contribution >= 0.6 is 11.3 Å². The zero-order valence-electron chi connectivity index (χ0n) is 10.7. The van der Waals surface area contributed by atoms with E-state index in [4.69, 9.17) is 5.73 Å². The second-order valence-electron chi connectivity index (χ2n) is 4.85. The molecule has 0 aromatic carbocycles. The number of thiazole rings is 1. The van der Waals surface area contributed by atoms with E-state index in [1.54, 1.807) is 0 Å². The molecule has 1 aliphatic carbocycles. The van der Waals surface area contributed by atoms with Crippen molar-refractivity contribution in [1.29, 1.82) is 0 Å². The summed E-state index contributed by atoms with van der Waals surface area (Å²) >= 11 is 1.53. The molecule has 1 heterocycles. The highest BCUT2D eigenvalue weighted by Crippen LogP contribution is 2.40. The van der Waals surface area contributed by atoms with E-state index in [0.717, 1.165) is 43.1 Å². The van der Waals surface area contributed by atoms with Crippen LogP contribution in [0, 0.1) is 0 Å². The minimum absolute atomic E-state index is 0.0828. The molecule has 4 nitrogen and oxygen atoms in total. The van der Waals surface area contributed by atoms with Crippen molar-refractivity contribution < 1.29 is 4.79 Å². The number of carbonyl (C=O) groups is 1. The Bertz CT molecular complexity index is 387. The molecule has 1 aromatic rings. The first-order valence-electron chi connectivity index (χ1n) is 6.75. The van der Waals surface area contributed by atoms with E-state index in [1.165, 1.54) is 24.2 Å². The van der Waals surface area contributed by atoms with Crippen LogP contribution in [-0.4, -0.2) is 17.4 Å². The van der Waals surface area contributed by atoms with Crippen LogP contribution in [0.3, 0.4) is 0 Å². The summed E-state index contributed by atoms with van der Waals surface area (Å²) in [7, 11) is 0. The summed E-state index contributed by atoms with van der Waals surface area (Å²) in [6, 6.07) is 0. The van der Waals surface area contributed by atoms with Crippen LogP contribution in [0.15, 0.2) is 5.38 Å². The van der Waals surface area contributed by atoms with Gasteiger partial charge in [-0.25, -0.2) is 4.98 Å². The minimum atomic E-state index is 0.0828. The van der Waals surface area contributed by atoms with Crippen molar-refractivity contribution in [2.24, 2.45) is 5.73 Å². The van der Waals surface area contributed by atoms with E-state index in [0.29, 0.717) is 12.3 Å². The zero-order chi connectivity index (χ0) is 12.8. The normalized spacial score (nSPS) is 14.7. The van der Waals surface area contributed by atoms with Gasteiger partial charge in [0.2, 0.25) is 5.91 Å². The average molecular weight is 267 g/mol. The summed E-state index contributed by atoms with van der Waals surface area (Å²) in [4.78, 5) is 16.1. The molecule has 0 bridgehead atoms. The Kier molecular flexibility index (Phi) is 5.13. The first-order valence-corrected chi connectivity index (χ1v) is 7.63. The predicted molar refractivity (Wildman–Crippen MR) is 74.9 cm³/mol. The molecule has 0 unspecified atom stereocenters. The van der Waals surface area contributed by atoms with Crippen molar-refractivity contribution in [1.82, 2.24) is 4.98 Å². The Morgan fingerprint density at radius 3 is 2.89 bits per heavy atom. The summed E-state index contributed by atoms with van der Waals surface area (Å²) in [6.45, 7) is 0.745. The van der Waals surface area contributed by atoms with E-state index in [2.05, 4.69) is 15.7 Å². The summed E-state index contributed by atoms with van der Waals surface area (Å²) in [5, 5.41) is 5.70. The largest absolute Gasteiger partial charge is 0.330 e. The Morgan fingerprint density at radius 2 is 2.17 bits per heavy atom. The molecular weight excluding hydrogens is 246 g/mol. The highest BCUT2D eigenvalue weighted by Gasteiger charge is 2.26. The maximum Gasteiger partial charge on any atom is 0.226 e. The predicted octanol–water partition coefficient (Wildman–Crippen LogP) is 2.87. The molecule has 0 atom stereocenters. The van der Waals surface area contributed by atoms with Crippen molar-refractivity contribution in [2.45, 2.75) is 50.9 Å². The van der Waals surface area contributed by atoms with Gasteiger partial charge in [0, 0.05) is 17.7 Å². The fourth-order valence-corrected chi connectivity index (χ4v) is 2.68. The van der Waals surface area contributed by atoms with Gasteiger partial charge in [-0.1, -0.05) is 12.8 Å². The summed E-state index contributed by atoms with van der Waals surface area (Å²) in [5.41, 5.74) is 6.57. The van der Waals surface area contributed by atoms with Gasteiger partial charge >= 0.3 is 0 Å². The van der Waals surface area contributed by atoms with Gasteiger partial charge in [-0.15, -0.1) is 11.3 Å². The molecule has 1 fully saturated rings. The Hall–Kier alpha value is -0.940. The van der Waals surface area contributed by atoms with Gasteiger partial charge in [-0.05, 0) is 32.2 Å². The van der Waals surface area contributed by atoms with Gasteiger partial charge in [-0.3, -0.25) is 4.79 Å². The van der Waals surface area contributed by atoms with E-state index < -0.39 is 0 Å². The maximum atomic E-state index is 11.7. The number of carbonyl (C=O) groups excluding carboxylic acids is 1. The van der Waals surface area contributed by atoms with Gasteiger partial charge in [0.05, 0.1) is 5.69 Å². The van der Waals surface area contributed by atoms with Gasteiger partial charge in [0.15, 0.2) is 5.13 Å². The number of unbranched alkanes of at least 4 members (excludes halogenated alkanes) is 3. The zero-order valence-corrected chi connectivity index (χ0v) is 11.5. The lowest BCUT2D eigenvalue weighted by molar-refractivity contribution is -0.116. The quantitative estimate of drug-likeness (QED) is 0.712. The third kappa shape index (κ3) is 4.38. The Balaban J connectivity index is 1.63. The molecule has 0 aliphatic heterocycles. The molecule has 1 aromatic heterocycles. The fourth-order valence-electron chi connectivity index (χ4n) is 1.88. The summed E-state index contributed by atoms with van der Waals surface area (Å²) in [5.74, 6) is 0.739. The van der Waals surface area contributed by atoms with Crippen LogP contribution in [0.1, 0.15) is 56.6 Å². The molecule has 0 radical (unpaired) electrons. The first kappa shape index (κ1) is 13.5. The molecular formula is C13H21N3OS. The van der Waals surface area contributed by atoms with E-state index in [-0.39, 0.29) is 5.91 Å². The molecule has 1 aliphatic rings. The molecule has 100 valence electrons. The number of aromatic nitrogens is 1. The van der Waals surface area contributed by atoms with Crippen LogP contribution in [0.5, 0.6) is 0 Å². The van der Waals surface area contributed by atoms with Crippen molar-refractivity contribution in [3.8, 4) is 0 Å². The van der Waals surface area contributed by atoms with Gasteiger partial charge in [-0.2, -0.15) is 0 Å². The number of nitrogens with zero attached hydrogens (tertiary/aromatic N) is 1. The monoisotopic (exact) mass is 267 g/mol. The average Bonchev–Trinajstić information content (AvgIpc) is 3.11. The maximum absolute atomic E-state index is 11.7. The summed E-state index contributed by atoms with van der Waals surface area (Å²) in [6.07, 6.45) is 7.27. The SMILES string of the molecule is NCCCCCCC(=O)Nc1nc(C2CC2)cs1. The molecule has 2 rings (SSSR count). The van der Waals surface area contributed by atoms with E-state index in [1.807, 2.05) is 0 Å². The fraction of sp³-hybridized carbons (Fsp3) is 0.692. The molecule has 5 heteroatoms. The lowest BCUT2D eigenvalue weighted by Crippen LogP contribution is -2.11. The second kappa shape index (κ2) is 6.85.